The molecule has 0 atom stereocenters. The molecule has 4 rings (SSSR count). The van der Waals surface area contributed by atoms with Gasteiger partial charge in [-0.25, -0.2) is 0 Å². The summed E-state index contributed by atoms with van der Waals surface area (Å²) in [5.74, 6) is 1.38. The number of rotatable bonds is 3. The van der Waals surface area contributed by atoms with Gasteiger partial charge in [-0.3, -0.25) is 9.59 Å². The maximum absolute atomic E-state index is 12.9. The first-order valence-electron chi connectivity index (χ1n) is 10.7. The van der Waals surface area contributed by atoms with Gasteiger partial charge in [-0.05, 0) is 62.1 Å². The summed E-state index contributed by atoms with van der Waals surface area (Å²) < 4.78 is 12.2. The number of Topliss-reactive ketones (excluding diaryl/α,β-unsaturated/α-hetero) is 1. The van der Waals surface area contributed by atoms with E-state index in [2.05, 4.69) is 0 Å². The molecule has 0 unspecified atom stereocenters. The van der Waals surface area contributed by atoms with Crippen molar-refractivity contribution < 1.29 is 19.1 Å². The number of nitrogens with zero attached hydrogens (tertiary/aromatic N) is 1. The van der Waals surface area contributed by atoms with Gasteiger partial charge in [-0.1, -0.05) is 23.7 Å². The van der Waals surface area contributed by atoms with Crippen LogP contribution in [0.2, 0.25) is 5.02 Å². The maximum Gasteiger partial charge on any atom is 0.260 e. The van der Waals surface area contributed by atoms with E-state index < -0.39 is 5.60 Å². The van der Waals surface area contributed by atoms with Crippen molar-refractivity contribution in [3.63, 3.8) is 0 Å². The Labute approximate surface area is 188 Å². The number of piperidine rings is 1. The summed E-state index contributed by atoms with van der Waals surface area (Å²) in [5, 5.41) is 0.621. The number of aryl methyl sites for hydroxylation is 2. The predicted octanol–water partition coefficient (Wildman–Crippen LogP) is 4.98. The summed E-state index contributed by atoms with van der Waals surface area (Å²) >= 11 is 6.34. The van der Waals surface area contributed by atoms with Crippen molar-refractivity contribution in [3.8, 4) is 11.5 Å². The first kappa shape index (κ1) is 21.7. The number of likely N-dealkylation sites (tertiary alicyclic amines) is 1. The lowest BCUT2D eigenvalue weighted by Crippen LogP contribution is -2.53. The number of halogens is 1. The van der Waals surface area contributed by atoms with E-state index in [4.69, 9.17) is 21.1 Å². The number of ether oxygens (including phenoxy) is 2. The van der Waals surface area contributed by atoms with Gasteiger partial charge in [0.1, 0.15) is 17.1 Å². The van der Waals surface area contributed by atoms with Gasteiger partial charge < -0.3 is 14.4 Å². The number of hydrogen-bond acceptors (Lipinski definition) is 4. The molecule has 2 aliphatic rings. The molecule has 2 aliphatic heterocycles. The Morgan fingerprint density at radius 1 is 1.13 bits per heavy atom. The van der Waals surface area contributed by atoms with Crippen molar-refractivity contribution in [2.45, 2.75) is 52.6 Å². The van der Waals surface area contributed by atoms with Gasteiger partial charge in [0, 0.05) is 31.0 Å². The summed E-state index contributed by atoms with van der Waals surface area (Å²) in [6, 6.07) is 7.70. The zero-order valence-corrected chi connectivity index (χ0v) is 19.3. The molecule has 0 saturated carbocycles. The van der Waals surface area contributed by atoms with Gasteiger partial charge in [0.25, 0.3) is 5.91 Å². The second kappa shape index (κ2) is 8.19. The quantitative estimate of drug-likeness (QED) is 0.674. The zero-order valence-electron chi connectivity index (χ0n) is 18.5. The molecule has 1 spiro atoms. The van der Waals surface area contributed by atoms with Gasteiger partial charge >= 0.3 is 0 Å². The standard InChI is InChI=1S/C25H28ClNO4/c1-15-6-5-7-20(17(15)3)30-14-22(29)27-10-8-25(9-11-27)13-19(28)23-18(4)24(26)16(2)12-21(23)31-25/h5-7,12H,8-11,13-14H2,1-4H3. The highest BCUT2D eigenvalue weighted by Gasteiger charge is 2.44. The first-order valence-corrected chi connectivity index (χ1v) is 11.1. The van der Waals surface area contributed by atoms with Crippen molar-refractivity contribution in [3.05, 3.63) is 57.1 Å². The summed E-state index contributed by atoms with van der Waals surface area (Å²) in [7, 11) is 0. The third kappa shape index (κ3) is 4.03. The summed E-state index contributed by atoms with van der Waals surface area (Å²) in [5.41, 5.74) is 3.91. The van der Waals surface area contributed by atoms with Crippen molar-refractivity contribution in [2.75, 3.05) is 19.7 Å². The van der Waals surface area contributed by atoms with Crippen LogP contribution in [-0.2, 0) is 4.79 Å². The van der Waals surface area contributed by atoms with Gasteiger partial charge in [-0.2, -0.15) is 0 Å². The van der Waals surface area contributed by atoms with Crippen molar-refractivity contribution in [1.82, 2.24) is 4.90 Å². The Kier molecular flexibility index (Phi) is 5.73. The van der Waals surface area contributed by atoms with Gasteiger partial charge in [0.15, 0.2) is 12.4 Å². The van der Waals surface area contributed by atoms with E-state index in [1.807, 2.05) is 52.0 Å². The van der Waals surface area contributed by atoms with E-state index in [0.29, 0.717) is 48.7 Å². The fourth-order valence-corrected chi connectivity index (χ4v) is 4.70. The lowest BCUT2D eigenvalue weighted by Gasteiger charge is -2.44. The van der Waals surface area contributed by atoms with Crippen LogP contribution in [0.4, 0.5) is 0 Å². The van der Waals surface area contributed by atoms with E-state index >= 15 is 0 Å². The van der Waals surface area contributed by atoms with Crippen LogP contribution in [0.5, 0.6) is 11.5 Å². The topological polar surface area (TPSA) is 55.8 Å². The number of hydrogen-bond donors (Lipinski definition) is 0. The SMILES string of the molecule is Cc1cccc(OCC(=O)N2CCC3(CC2)CC(=O)c2c(cc(C)c(Cl)c2C)O3)c1C. The lowest BCUT2D eigenvalue weighted by molar-refractivity contribution is -0.136. The van der Waals surface area contributed by atoms with E-state index in [1.165, 1.54) is 0 Å². The Morgan fingerprint density at radius 2 is 1.84 bits per heavy atom. The van der Waals surface area contributed by atoms with Crippen molar-refractivity contribution in [2.24, 2.45) is 0 Å². The molecule has 1 fully saturated rings. The molecule has 1 saturated heterocycles. The van der Waals surface area contributed by atoms with Crippen LogP contribution in [-0.4, -0.2) is 41.9 Å². The van der Waals surface area contributed by atoms with Gasteiger partial charge in [0.05, 0.1) is 12.0 Å². The minimum absolute atomic E-state index is 0.0107. The van der Waals surface area contributed by atoms with Crippen molar-refractivity contribution >= 4 is 23.3 Å². The van der Waals surface area contributed by atoms with Gasteiger partial charge in [0.2, 0.25) is 0 Å². The number of carbonyl (C=O) groups is 2. The lowest BCUT2D eigenvalue weighted by atomic mass is 9.81. The normalized spacial score (nSPS) is 17.3. The third-order valence-corrected chi connectivity index (χ3v) is 7.25. The molecular weight excluding hydrogens is 414 g/mol. The average molecular weight is 442 g/mol. The fraction of sp³-hybridized carbons (Fsp3) is 0.440. The molecule has 31 heavy (non-hydrogen) atoms. The molecular formula is C25H28ClNO4. The summed E-state index contributed by atoms with van der Waals surface area (Å²) in [6.45, 7) is 8.90. The minimum Gasteiger partial charge on any atom is -0.486 e. The molecule has 2 heterocycles. The van der Waals surface area contributed by atoms with Crippen molar-refractivity contribution in [1.29, 1.82) is 0 Å². The molecule has 5 nitrogen and oxygen atoms in total. The van der Waals surface area contributed by atoms with Crippen LogP contribution < -0.4 is 9.47 Å². The smallest absolute Gasteiger partial charge is 0.260 e. The molecule has 0 aliphatic carbocycles. The molecule has 2 aromatic carbocycles. The zero-order chi connectivity index (χ0) is 22.3. The molecule has 0 bridgehead atoms. The Morgan fingerprint density at radius 3 is 2.55 bits per heavy atom. The molecule has 2 aromatic rings. The summed E-state index contributed by atoms with van der Waals surface area (Å²) in [4.78, 5) is 27.4. The second-order valence-electron chi connectivity index (χ2n) is 8.76. The average Bonchev–Trinajstić information content (AvgIpc) is 2.73. The highest BCUT2D eigenvalue weighted by Crippen LogP contribution is 2.43. The van der Waals surface area contributed by atoms with Crippen LogP contribution in [0.25, 0.3) is 0 Å². The number of benzene rings is 2. The van der Waals surface area contributed by atoms with E-state index in [1.54, 1.807) is 4.90 Å². The summed E-state index contributed by atoms with van der Waals surface area (Å²) in [6.07, 6.45) is 1.56. The monoisotopic (exact) mass is 441 g/mol. The predicted molar refractivity (Wildman–Crippen MR) is 120 cm³/mol. The number of fused-ring (bicyclic) bond motifs is 1. The Hall–Kier alpha value is -2.53. The molecule has 1 amide bonds. The largest absolute Gasteiger partial charge is 0.486 e. The number of amides is 1. The minimum atomic E-state index is -0.554. The van der Waals surface area contributed by atoms with Crippen LogP contribution in [0.3, 0.4) is 0 Å². The highest BCUT2D eigenvalue weighted by molar-refractivity contribution is 6.32. The number of carbonyl (C=O) groups excluding carboxylic acids is 2. The second-order valence-corrected chi connectivity index (χ2v) is 9.14. The van der Waals surface area contributed by atoms with Crippen LogP contribution in [0.15, 0.2) is 24.3 Å². The maximum atomic E-state index is 12.9. The van der Waals surface area contributed by atoms with Gasteiger partial charge in [-0.15, -0.1) is 0 Å². The number of ketones is 1. The van der Waals surface area contributed by atoms with Crippen LogP contribution in [0, 0.1) is 27.7 Å². The Bertz CT molecular complexity index is 1050. The molecule has 0 N–H and O–H groups in total. The third-order valence-electron chi connectivity index (χ3n) is 6.67. The van der Waals surface area contributed by atoms with E-state index in [9.17, 15) is 9.59 Å². The van der Waals surface area contributed by atoms with Crippen LogP contribution >= 0.6 is 11.6 Å². The first-order chi connectivity index (χ1) is 14.7. The van der Waals surface area contributed by atoms with Crippen LogP contribution in [0.1, 0.15) is 51.9 Å². The molecule has 0 aromatic heterocycles. The molecule has 0 radical (unpaired) electrons. The van der Waals surface area contributed by atoms with E-state index in [-0.39, 0.29) is 18.3 Å². The fourth-order valence-electron chi connectivity index (χ4n) is 4.55. The van der Waals surface area contributed by atoms with E-state index in [0.717, 1.165) is 28.0 Å². The molecule has 164 valence electrons. The molecule has 6 heteroatoms. The highest BCUT2D eigenvalue weighted by atomic mass is 35.5. The Balaban J connectivity index is 1.41.